The molecule has 0 aliphatic carbocycles. The van der Waals surface area contributed by atoms with Gasteiger partial charge in [0.2, 0.25) is 5.95 Å². The summed E-state index contributed by atoms with van der Waals surface area (Å²) in [5.74, 6) is 0.671. The lowest BCUT2D eigenvalue weighted by Gasteiger charge is -2.13. The van der Waals surface area contributed by atoms with Gasteiger partial charge in [-0.25, -0.2) is 9.97 Å². The predicted octanol–water partition coefficient (Wildman–Crippen LogP) is 10.4. The predicted molar refractivity (Wildman–Crippen MR) is 180 cm³/mol. The molecule has 3 heteroatoms. The van der Waals surface area contributed by atoms with Gasteiger partial charge >= 0.3 is 0 Å². The summed E-state index contributed by atoms with van der Waals surface area (Å²) in [6.45, 7) is 0. The van der Waals surface area contributed by atoms with Crippen molar-refractivity contribution in [3.63, 3.8) is 0 Å². The maximum Gasteiger partial charge on any atom is 0.235 e. The van der Waals surface area contributed by atoms with Crippen LogP contribution in [0.2, 0.25) is 0 Å². The van der Waals surface area contributed by atoms with Crippen LogP contribution in [0.4, 0.5) is 0 Å². The highest BCUT2D eigenvalue weighted by Crippen LogP contribution is 2.40. The number of rotatable bonds is 3. The van der Waals surface area contributed by atoms with E-state index in [4.69, 9.17) is 9.97 Å². The van der Waals surface area contributed by atoms with Gasteiger partial charge < -0.3 is 0 Å². The molecule has 3 nitrogen and oxygen atoms in total. The number of nitrogens with zero attached hydrogens (tertiary/aromatic N) is 3. The van der Waals surface area contributed by atoms with Crippen LogP contribution in [0.25, 0.3) is 82.6 Å². The first-order valence-corrected chi connectivity index (χ1v) is 14.6. The number of hydrogen-bond acceptors (Lipinski definition) is 2. The summed E-state index contributed by atoms with van der Waals surface area (Å²) >= 11 is 0. The molecule has 0 unspecified atom stereocenters. The zero-order valence-electron chi connectivity index (χ0n) is 23.3. The van der Waals surface area contributed by atoms with Crippen molar-refractivity contribution in [2.24, 2.45) is 0 Å². The van der Waals surface area contributed by atoms with Crippen molar-refractivity contribution in [1.82, 2.24) is 14.5 Å². The van der Waals surface area contributed by atoms with E-state index in [0.717, 1.165) is 38.8 Å². The zero-order chi connectivity index (χ0) is 28.3. The molecule has 2 aromatic heterocycles. The normalized spacial score (nSPS) is 11.7. The third kappa shape index (κ3) is 3.68. The lowest BCUT2D eigenvalue weighted by Crippen LogP contribution is -2.03. The molecule has 0 amide bonds. The van der Waals surface area contributed by atoms with Crippen LogP contribution in [-0.4, -0.2) is 14.5 Å². The van der Waals surface area contributed by atoms with Crippen molar-refractivity contribution in [2.45, 2.75) is 0 Å². The molecular weight excluding hydrogens is 522 g/mol. The van der Waals surface area contributed by atoms with E-state index in [2.05, 4.69) is 156 Å². The minimum absolute atomic E-state index is 0.671. The smallest absolute Gasteiger partial charge is 0.235 e. The first kappa shape index (κ1) is 23.9. The topological polar surface area (TPSA) is 30.7 Å². The van der Waals surface area contributed by atoms with E-state index in [1.54, 1.807) is 0 Å². The standard InChI is InChI=1S/C40H25N3/c1-2-11-26(12-3-1)29-15-10-16-30(25-29)39-33-19-8-9-20-34(33)41-40(42-39)43-35-23-21-27-13-4-6-17-31(27)37(35)38-32-18-7-5-14-28(32)22-24-36(38)43/h1-25H. The second kappa shape index (κ2) is 9.37. The summed E-state index contributed by atoms with van der Waals surface area (Å²) in [5.41, 5.74) is 7.46. The molecule has 9 aromatic rings. The van der Waals surface area contributed by atoms with Crippen LogP contribution in [0, 0.1) is 0 Å². The van der Waals surface area contributed by atoms with Crippen LogP contribution in [0.1, 0.15) is 0 Å². The van der Waals surface area contributed by atoms with Crippen molar-refractivity contribution >= 4 is 54.3 Å². The first-order valence-electron chi connectivity index (χ1n) is 14.6. The Bertz CT molecular complexity index is 2410. The molecule has 7 aromatic carbocycles. The maximum atomic E-state index is 5.36. The van der Waals surface area contributed by atoms with E-state index in [9.17, 15) is 0 Å². The highest BCUT2D eigenvalue weighted by molar-refractivity contribution is 6.28. The Labute approximate surface area is 248 Å². The molecule has 0 N–H and O–H groups in total. The molecule has 0 saturated heterocycles. The van der Waals surface area contributed by atoms with Gasteiger partial charge in [0.15, 0.2) is 0 Å². The molecule has 0 fully saturated rings. The molecular formula is C40H25N3. The summed E-state index contributed by atoms with van der Waals surface area (Å²) in [6, 6.07) is 53.6. The van der Waals surface area contributed by atoms with E-state index in [1.807, 2.05) is 0 Å². The quantitative estimate of drug-likeness (QED) is 0.220. The first-order chi connectivity index (χ1) is 21.3. The number of aromatic nitrogens is 3. The van der Waals surface area contributed by atoms with Crippen LogP contribution < -0.4 is 0 Å². The van der Waals surface area contributed by atoms with Crippen LogP contribution in [-0.2, 0) is 0 Å². The molecule has 200 valence electrons. The van der Waals surface area contributed by atoms with Gasteiger partial charge in [-0.15, -0.1) is 0 Å². The van der Waals surface area contributed by atoms with Crippen LogP contribution in [0.3, 0.4) is 0 Å². The Morgan fingerprint density at radius 2 is 0.953 bits per heavy atom. The van der Waals surface area contributed by atoms with Crippen LogP contribution in [0.15, 0.2) is 152 Å². The van der Waals surface area contributed by atoms with Gasteiger partial charge in [0.05, 0.1) is 22.2 Å². The highest BCUT2D eigenvalue weighted by atomic mass is 15.2. The molecule has 0 saturated carbocycles. The maximum absolute atomic E-state index is 5.36. The summed E-state index contributed by atoms with van der Waals surface area (Å²) in [4.78, 5) is 10.6. The second-order valence-electron chi connectivity index (χ2n) is 11.0. The second-order valence-corrected chi connectivity index (χ2v) is 11.0. The summed E-state index contributed by atoms with van der Waals surface area (Å²) in [6.07, 6.45) is 0. The van der Waals surface area contributed by atoms with E-state index in [1.165, 1.54) is 37.9 Å². The van der Waals surface area contributed by atoms with E-state index >= 15 is 0 Å². The van der Waals surface area contributed by atoms with Crippen molar-refractivity contribution in [3.05, 3.63) is 152 Å². The largest absolute Gasteiger partial charge is 0.278 e. The Morgan fingerprint density at radius 1 is 0.395 bits per heavy atom. The van der Waals surface area contributed by atoms with E-state index in [-0.39, 0.29) is 0 Å². The van der Waals surface area contributed by atoms with Gasteiger partial charge in [-0.2, -0.15) is 0 Å². The van der Waals surface area contributed by atoms with Crippen molar-refractivity contribution in [3.8, 4) is 28.3 Å². The Kier molecular flexibility index (Phi) is 5.20. The van der Waals surface area contributed by atoms with Gasteiger partial charge in [-0.1, -0.05) is 127 Å². The lowest BCUT2D eigenvalue weighted by atomic mass is 10.00. The Balaban J connectivity index is 1.39. The van der Waals surface area contributed by atoms with E-state index in [0.29, 0.717) is 5.95 Å². The monoisotopic (exact) mass is 547 g/mol. The third-order valence-electron chi connectivity index (χ3n) is 8.58. The summed E-state index contributed by atoms with van der Waals surface area (Å²) in [7, 11) is 0. The molecule has 0 aliphatic rings. The van der Waals surface area contributed by atoms with E-state index < -0.39 is 0 Å². The van der Waals surface area contributed by atoms with Gasteiger partial charge in [0, 0.05) is 21.7 Å². The highest BCUT2D eigenvalue weighted by Gasteiger charge is 2.20. The fourth-order valence-electron chi connectivity index (χ4n) is 6.62. The number of fused-ring (bicyclic) bond motifs is 8. The Hall–Kier alpha value is -5.80. The average Bonchev–Trinajstić information content (AvgIpc) is 3.44. The zero-order valence-corrected chi connectivity index (χ0v) is 23.3. The van der Waals surface area contributed by atoms with Crippen molar-refractivity contribution < 1.29 is 0 Å². The molecule has 9 rings (SSSR count). The SMILES string of the molecule is c1ccc(-c2cccc(-c3nc(-n4c5ccc6ccccc6c5c5c6ccccc6ccc54)nc4ccccc34)c2)cc1. The Morgan fingerprint density at radius 3 is 1.65 bits per heavy atom. The minimum atomic E-state index is 0.671. The van der Waals surface area contributed by atoms with Crippen molar-refractivity contribution in [1.29, 1.82) is 0 Å². The third-order valence-corrected chi connectivity index (χ3v) is 8.58. The van der Waals surface area contributed by atoms with Crippen molar-refractivity contribution in [2.75, 3.05) is 0 Å². The molecule has 0 radical (unpaired) electrons. The van der Waals surface area contributed by atoms with Gasteiger partial charge in [-0.3, -0.25) is 4.57 Å². The van der Waals surface area contributed by atoms with Crippen LogP contribution in [0.5, 0.6) is 0 Å². The lowest BCUT2D eigenvalue weighted by molar-refractivity contribution is 1.01. The average molecular weight is 548 g/mol. The fourth-order valence-corrected chi connectivity index (χ4v) is 6.62. The van der Waals surface area contributed by atoms with Gasteiger partial charge in [-0.05, 0) is 56.9 Å². The summed E-state index contributed by atoms with van der Waals surface area (Å²) < 4.78 is 2.25. The fraction of sp³-hybridized carbons (Fsp3) is 0. The van der Waals surface area contributed by atoms with Gasteiger partial charge in [0.1, 0.15) is 0 Å². The summed E-state index contributed by atoms with van der Waals surface area (Å²) in [5, 5.41) is 8.41. The number of para-hydroxylation sites is 1. The molecule has 43 heavy (non-hydrogen) atoms. The van der Waals surface area contributed by atoms with Gasteiger partial charge in [0.25, 0.3) is 0 Å². The molecule has 2 heterocycles. The van der Waals surface area contributed by atoms with Crippen LogP contribution >= 0.6 is 0 Å². The number of benzene rings is 7. The molecule has 0 aliphatic heterocycles. The molecule has 0 spiro atoms. The molecule has 0 bridgehead atoms. The minimum Gasteiger partial charge on any atom is -0.278 e. The number of hydrogen-bond donors (Lipinski definition) is 0. The molecule has 0 atom stereocenters.